The fourth-order valence-corrected chi connectivity index (χ4v) is 6.17. The molecule has 1 fully saturated rings. The third-order valence-electron chi connectivity index (χ3n) is 7.78. The lowest BCUT2D eigenvalue weighted by molar-refractivity contribution is -0.140. The number of amides is 1. The molecule has 3 atom stereocenters. The summed E-state index contributed by atoms with van der Waals surface area (Å²) in [7, 11) is 0. The van der Waals surface area contributed by atoms with Gasteiger partial charge in [0.15, 0.2) is 6.10 Å². The monoisotopic (exact) mass is 460 g/mol. The first-order valence-corrected chi connectivity index (χ1v) is 12.1. The number of hydrogen-bond donors (Lipinski definition) is 0. The first kappa shape index (κ1) is 21.2. The summed E-state index contributed by atoms with van der Waals surface area (Å²) in [5.74, 6) is 0.928. The first-order chi connectivity index (χ1) is 16.4. The second-order valence-corrected chi connectivity index (χ2v) is 9.97. The van der Waals surface area contributed by atoms with Crippen molar-refractivity contribution in [1.82, 2.24) is 9.47 Å². The molecule has 176 valence electrons. The van der Waals surface area contributed by atoms with Gasteiger partial charge in [0.25, 0.3) is 11.5 Å². The molecular weight excluding hydrogens is 432 g/mol. The van der Waals surface area contributed by atoms with E-state index in [0.29, 0.717) is 31.0 Å². The van der Waals surface area contributed by atoms with Crippen molar-refractivity contribution in [1.29, 1.82) is 0 Å². The third-order valence-corrected chi connectivity index (χ3v) is 7.78. The summed E-state index contributed by atoms with van der Waals surface area (Å²) in [5, 5.41) is 0.966. The van der Waals surface area contributed by atoms with Gasteiger partial charge in [-0.05, 0) is 69.2 Å². The lowest BCUT2D eigenvalue weighted by Gasteiger charge is -2.43. The largest absolute Gasteiger partial charge is 0.480 e. The number of ether oxygens (including phenoxy) is 1. The molecule has 3 aromatic rings. The average Bonchev–Trinajstić information content (AvgIpc) is 3.32. The van der Waals surface area contributed by atoms with Crippen LogP contribution in [0.5, 0.6) is 5.75 Å². The van der Waals surface area contributed by atoms with Gasteiger partial charge >= 0.3 is 5.63 Å². The Balaban J connectivity index is 1.24. The van der Waals surface area contributed by atoms with Gasteiger partial charge in [0.05, 0.1) is 0 Å². The highest BCUT2D eigenvalue weighted by atomic mass is 16.5. The number of likely N-dealkylation sites (tertiary alicyclic amines) is 1. The number of benzene rings is 1. The van der Waals surface area contributed by atoms with Gasteiger partial charge in [0.2, 0.25) is 0 Å². The van der Waals surface area contributed by atoms with E-state index in [1.54, 1.807) is 19.1 Å². The SMILES string of the molecule is Cc1c(O[C@@H](C)C(=O)N2C[C@@H]3C[C@@H](C2)c2cccc(=O)n2C3)ccc2c3c(c(=O)oc12)CCC3. The fourth-order valence-electron chi connectivity index (χ4n) is 6.17. The topological polar surface area (TPSA) is 81.8 Å². The van der Waals surface area contributed by atoms with Crippen LogP contribution in [0.25, 0.3) is 11.0 Å². The van der Waals surface area contributed by atoms with Gasteiger partial charge in [-0.1, -0.05) is 6.07 Å². The van der Waals surface area contributed by atoms with E-state index in [1.807, 2.05) is 34.6 Å². The van der Waals surface area contributed by atoms with E-state index < -0.39 is 6.10 Å². The van der Waals surface area contributed by atoms with Gasteiger partial charge in [-0.2, -0.15) is 0 Å². The van der Waals surface area contributed by atoms with Crippen LogP contribution in [0.3, 0.4) is 0 Å². The lowest BCUT2D eigenvalue weighted by atomic mass is 9.83. The van der Waals surface area contributed by atoms with Gasteiger partial charge in [-0.25, -0.2) is 4.79 Å². The van der Waals surface area contributed by atoms with Crippen molar-refractivity contribution in [3.05, 3.63) is 73.5 Å². The van der Waals surface area contributed by atoms with E-state index in [2.05, 4.69) is 0 Å². The molecule has 6 rings (SSSR count). The molecule has 0 spiro atoms. The zero-order valence-electron chi connectivity index (χ0n) is 19.5. The minimum atomic E-state index is -0.672. The molecule has 7 heteroatoms. The number of aryl methyl sites for hydroxylation is 2. The highest BCUT2D eigenvalue weighted by Gasteiger charge is 2.37. The maximum atomic E-state index is 13.4. The van der Waals surface area contributed by atoms with Crippen molar-refractivity contribution in [3.8, 4) is 5.75 Å². The fraction of sp³-hybridized carbons (Fsp3) is 0.444. The second-order valence-electron chi connectivity index (χ2n) is 9.97. The van der Waals surface area contributed by atoms with Crippen LogP contribution < -0.4 is 15.9 Å². The highest BCUT2D eigenvalue weighted by Crippen LogP contribution is 2.36. The maximum Gasteiger partial charge on any atom is 0.339 e. The van der Waals surface area contributed by atoms with E-state index >= 15 is 0 Å². The molecule has 1 aliphatic carbocycles. The third kappa shape index (κ3) is 3.29. The number of fused-ring (bicyclic) bond motifs is 7. The van der Waals surface area contributed by atoms with Crippen LogP contribution in [0.2, 0.25) is 0 Å². The Labute approximate surface area is 196 Å². The van der Waals surface area contributed by atoms with Crippen LogP contribution in [0.15, 0.2) is 44.3 Å². The summed E-state index contributed by atoms with van der Waals surface area (Å²) < 4.78 is 13.7. The van der Waals surface area contributed by atoms with Crippen LogP contribution in [-0.4, -0.2) is 34.6 Å². The smallest absolute Gasteiger partial charge is 0.339 e. The van der Waals surface area contributed by atoms with Crippen molar-refractivity contribution in [3.63, 3.8) is 0 Å². The number of rotatable bonds is 3. The van der Waals surface area contributed by atoms with Crippen molar-refractivity contribution in [2.45, 2.75) is 58.1 Å². The number of pyridine rings is 1. The Bertz CT molecular complexity index is 1440. The Hall–Kier alpha value is -3.35. The molecule has 4 heterocycles. The summed E-state index contributed by atoms with van der Waals surface area (Å²) >= 11 is 0. The normalized spacial score (nSPS) is 21.8. The minimum absolute atomic E-state index is 0.0350. The average molecular weight is 461 g/mol. The predicted octanol–water partition coefficient (Wildman–Crippen LogP) is 3.17. The minimum Gasteiger partial charge on any atom is -0.480 e. The zero-order chi connectivity index (χ0) is 23.6. The lowest BCUT2D eigenvalue weighted by Crippen LogP contribution is -2.52. The molecular formula is C27H28N2O5. The molecule has 0 unspecified atom stereocenters. The predicted molar refractivity (Wildman–Crippen MR) is 127 cm³/mol. The van der Waals surface area contributed by atoms with Crippen LogP contribution in [0, 0.1) is 12.8 Å². The Morgan fingerprint density at radius 3 is 2.76 bits per heavy atom. The van der Waals surface area contributed by atoms with Crippen molar-refractivity contribution in [2.75, 3.05) is 13.1 Å². The van der Waals surface area contributed by atoms with Gasteiger partial charge in [-0.3, -0.25) is 9.59 Å². The molecule has 1 saturated heterocycles. The van der Waals surface area contributed by atoms with E-state index in [0.717, 1.165) is 53.5 Å². The molecule has 7 nitrogen and oxygen atoms in total. The maximum absolute atomic E-state index is 13.4. The van der Waals surface area contributed by atoms with Gasteiger partial charge < -0.3 is 18.6 Å². The molecule has 2 aliphatic heterocycles. The first-order valence-electron chi connectivity index (χ1n) is 12.1. The molecule has 34 heavy (non-hydrogen) atoms. The van der Waals surface area contributed by atoms with Gasteiger partial charge in [0, 0.05) is 53.8 Å². The van der Waals surface area contributed by atoms with E-state index in [4.69, 9.17) is 9.15 Å². The number of hydrogen-bond acceptors (Lipinski definition) is 5. The molecule has 3 aliphatic rings. The molecule has 2 aromatic heterocycles. The van der Waals surface area contributed by atoms with E-state index in [1.165, 1.54) is 0 Å². The Morgan fingerprint density at radius 2 is 1.91 bits per heavy atom. The number of carbonyl (C=O) groups is 1. The number of aromatic nitrogens is 1. The summed E-state index contributed by atoms with van der Waals surface area (Å²) in [6.07, 6.45) is 2.95. The molecule has 0 saturated carbocycles. The highest BCUT2D eigenvalue weighted by molar-refractivity contribution is 5.87. The summed E-state index contributed by atoms with van der Waals surface area (Å²) in [6.45, 7) is 5.51. The summed E-state index contributed by atoms with van der Waals surface area (Å²) in [6, 6.07) is 9.23. The second kappa shape index (κ2) is 7.86. The molecule has 1 aromatic carbocycles. The Morgan fingerprint density at radius 1 is 1.09 bits per heavy atom. The molecule has 0 radical (unpaired) electrons. The van der Waals surface area contributed by atoms with Gasteiger partial charge in [-0.15, -0.1) is 0 Å². The van der Waals surface area contributed by atoms with Crippen LogP contribution in [-0.2, 0) is 24.2 Å². The van der Waals surface area contributed by atoms with Gasteiger partial charge in [0.1, 0.15) is 11.3 Å². The Kier molecular flexibility index (Phi) is 4.90. The number of carbonyl (C=O) groups excluding carboxylic acids is 1. The van der Waals surface area contributed by atoms with E-state index in [-0.39, 0.29) is 28.9 Å². The number of nitrogens with zero attached hydrogens (tertiary/aromatic N) is 2. The van der Waals surface area contributed by atoms with E-state index in [9.17, 15) is 14.4 Å². The van der Waals surface area contributed by atoms with Crippen LogP contribution in [0.1, 0.15) is 48.1 Å². The van der Waals surface area contributed by atoms with Crippen LogP contribution in [0.4, 0.5) is 0 Å². The van der Waals surface area contributed by atoms with Crippen molar-refractivity contribution in [2.24, 2.45) is 5.92 Å². The molecule has 2 bridgehead atoms. The molecule has 0 N–H and O–H groups in total. The van der Waals surface area contributed by atoms with Crippen LogP contribution >= 0.6 is 0 Å². The number of piperidine rings is 1. The quantitative estimate of drug-likeness (QED) is 0.561. The molecule has 1 amide bonds. The summed E-state index contributed by atoms with van der Waals surface area (Å²) in [4.78, 5) is 39.9. The van der Waals surface area contributed by atoms with Crippen molar-refractivity contribution >= 4 is 16.9 Å². The van der Waals surface area contributed by atoms with Crippen molar-refractivity contribution < 1.29 is 13.9 Å². The standard InChI is InChI=1S/C27H28N2O5/c1-15-23(10-9-20-19-5-3-6-21(19)27(32)34-25(15)20)33-16(2)26(31)28-12-17-11-18(14-28)22-7-4-8-24(30)29(22)13-17/h4,7-10,16-18H,3,5-6,11-14H2,1-2H3/t16-,17-,18-/m0/s1. The summed E-state index contributed by atoms with van der Waals surface area (Å²) in [5.41, 5.74) is 3.97. The zero-order valence-corrected chi connectivity index (χ0v) is 19.5.